The van der Waals surface area contributed by atoms with E-state index in [1.807, 2.05) is 0 Å². The molecule has 0 fully saturated rings. The van der Waals surface area contributed by atoms with Gasteiger partial charge in [0.2, 0.25) is 0 Å². The molecule has 0 saturated carbocycles. The van der Waals surface area contributed by atoms with Gasteiger partial charge in [0, 0.05) is 11.6 Å². The summed E-state index contributed by atoms with van der Waals surface area (Å²) in [5, 5.41) is 18.0. The second-order valence-electron chi connectivity index (χ2n) is 3.24. The summed E-state index contributed by atoms with van der Waals surface area (Å²) in [6, 6.07) is 4.05. The summed E-state index contributed by atoms with van der Waals surface area (Å²) in [6.07, 6.45) is 0. The minimum Gasteiger partial charge on any atom is -0.508 e. The maximum atomic E-state index is 13.7. The van der Waals surface area contributed by atoms with Gasteiger partial charge in [0.1, 0.15) is 11.5 Å². The molecule has 78 valence electrons. The Labute approximate surface area is 81.8 Å². The molecular formula is C10H13FO3. The second kappa shape index (κ2) is 3.84. The third-order valence-corrected chi connectivity index (χ3v) is 2.04. The predicted octanol–water partition coefficient (Wildman–Crippen LogP) is 1.58. The predicted molar refractivity (Wildman–Crippen MR) is 50.2 cm³/mol. The molecule has 0 saturated heterocycles. The first-order valence-electron chi connectivity index (χ1n) is 4.18. The summed E-state index contributed by atoms with van der Waals surface area (Å²) >= 11 is 0. The zero-order chi connectivity index (χ0) is 10.8. The highest BCUT2D eigenvalue weighted by Gasteiger charge is 2.28. The lowest BCUT2D eigenvalue weighted by Crippen LogP contribution is -2.21. The maximum absolute atomic E-state index is 13.7. The molecule has 14 heavy (non-hydrogen) atoms. The molecule has 2 N–H and O–H groups in total. The van der Waals surface area contributed by atoms with Crippen molar-refractivity contribution < 1.29 is 19.3 Å². The van der Waals surface area contributed by atoms with Crippen LogP contribution in [0.4, 0.5) is 4.39 Å². The standard InChI is InChI=1S/C10H13FO3/c1-10(11,6-12)8-4-3-7(13)5-9(8)14-2/h3-5,12-13H,6H2,1-2H3. The van der Waals surface area contributed by atoms with Crippen LogP contribution < -0.4 is 4.74 Å². The van der Waals surface area contributed by atoms with Crippen LogP contribution in [0.5, 0.6) is 11.5 Å². The fourth-order valence-corrected chi connectivity index (χ4v) is 1.20. The summed E-state index contributed by atoms with van der Waals surface area (Å²) in [4.78, 5) is 0. The Morgan fingerprint density at radius 2 is 2.14 bits per heavy atom. The fraction of sp³-hybridized carbons (Fsp3) is 0.400. The van der Waals surface area contributed by atoms with Crippen molar-refractivity contribution in [2.75, 3.05) is 13.7 Å². The first kappa shape index (κ1) is 10.8. The Kier molecular flexibility index (Phi) is 2.96. The lowest BCUT2D eigenvalue weighted by atomic mass is 9.98. The highest BCUT2D eigenvalue weighted by molar-refractivity contribution is 5.43. The summed E-state index contributed by atoms with van der Waals surface area (Å²) in [5.41, 5.74) is -1.64. The molecule has 4 heteroatoms. The van der Waals surface area contributed by atoms with E-state index in [9.17, 15) is 4.39 Å². The Morgan fingerprint density at radius 3 is 2.64 bits per heavy atom. The Bertz CT molecular complexity index is 323. The third kappa shape index (κ3) is 1.96. The molecule has 3 nitrogen and oxygen atoms in total. The van der Waals surface area contributed by atoms with Gasteiger partial charge in [-0.05, 0) is 19.1 Å². The summed E-state index contributed by atoms with van der Waals surface area (Å²) in [7, 11) is 1.38. The van der Waals surface area contributed by atoms with Gasteiger partial charge in [0.15, 0.2) is 5.67 Å². The number of alkyl halides is 1. The molecule has 0 radical (unpaired) electrons. The zero-order valence-corrected chi connectivity index (χ0v) is 8.12. The number of rotatable bonds is 3. The number of methoxy groups -OCH3 is 1. The van der Waals surface area contributed by atoms with Crippen molar-refractivity contribution in [3.63, 3.8) is 0 Å². The molecule has 0 aliphatic carbocycles. The van der Waals surface area contributed by atoms with E-state index < -0.39 is 12.3 Å². The minimum absolute atomic E-state index is 0.000611. The van der Waals surface area contributed by atoms with Crippen LogP contribution >= 0.6 is 0 Å². The highest BCUT2D eigenvalue weighted by Crippen LogP contribution is 2.34. The number of aromatic hydroxyl groups is 1. The van der Waals surface area contributed by atoms with E-state index in [4.69, 9.17) is 14.9 Å². The molecule has 1 aromatic carbocycles. The Hall–Kier alpha value is -1.29. The number of phenols is 1. The number of aliphatic hydroxyl groups excluding tert-OH is 1. The molecule has 0 spiro atoms. The molecule has 1 aromatic rings. The third-order valence-electron chi connectivity index (χ3n) is 2.04. The first-order chi connectivity index (χ1) is 6.51. The topological polar surface area (TPSA) is 49.7 Å². The molecule has 0 aliphatic heterocycles. The number of aliphatic hydroxyl groups is 1. The smallest absolute Gasteiger partial charge is 0.159 e. The number of halogens is 1. The van der Waals surface area contributed by atoms with Gasteiger partial charge in [-0.1, -0.05) is 0 Å². The first-order valence-corrected chi connectivity index (χ1v) is 4.18. The molecule has 0 amide bonds. The van der Waals surface area contributed by atoms with Gasteiger partial charge in [0.25, 0.3) is 0 Å². The van der Waals surface area contributed by atoms with Crippen molar-refractivity contribution in [2.24, 2.45) is 0 Å². The lowest BCUT2D eigenvalue weighted by Gasteiger charge is -2.20. The summed E-state index contributed by atoms with van der Waals surface area (Å²) in [6.45, 7) is 0.621. The molecule has 0 bridgehead atoms. The average molecular weight is 200 g/mol. The van der Waals surface area contributed by atoms with E-state index >= 15 is 0 Å². The monoisotopic (exact) mass is 200 g/mol. The number of phenolic OH excluding ortho intramolecular Hbond substituents is 1. The SMILES string of the molecule is COc1cc(O)ccc1C(C)(F)CO. The number of benzene rings is 1. The molecule has 0 aromatic heterocycles. The molecule has 1 rings (SSSR count). The second-order valence-corrected chi connectivity index (χ2v) is 3.24. The average Bonchev–Trinajstić information content (AvgIpc) is 2.17. The Balaban J connectivity index is 3.20. The highest BCUT2D eigenvalue weighted by atomic mass is 19.1. The maximum Gasteiger partial charge on any atom is 0.159 e. The van der Waals surface area contributed by atoms with Crippen LogP contribution in [0.2, 0.25) is 0 Å². The Morgan fingerprint density at radius 1 is 1.50 bits per heavy atom. The fourth-order valence-electron chi connectivity index (χ4n) is 1.20. The van der Waals surface area contributed by atoms with E-state index in [0.717, 1.165) is 0 Å². The van der Waals surface area contributed by atoms with Gasteiger partial charge in [-0.2, -0.15) is 0 Å². The van der Waals surface area contributed by atoms with Crippen molar-refractivity contribution in [1.29, 1.82) is 0 Å². The van der Waals surface area contributed by atoms with Crippen LogP contribution in [0.15, 0.2) is 18.2 Å². The van der Waals surface area contributed by atoms with Crippen LogP contribution in [-0.2, 0) is 5.67 Å². The van der Waals surface area contributed by atoms with Gasteiger partial charge in [-0.15, -0.1) is 0 Å². The molecule has 1 atom stereocenters. The van der Waals surface area contributed by atoms with Crippen molar-refractivity contribution >= 4 is 0 Å². The number of hydrogen-bond donors (Lipinski definition) is 2. The molecular weight excluding hydrogens is 187 g/mol. The van der Waals surface area contributed by atoms with Gasteiger partial charge >= 0.3 is 0 Å². The normalized spacial score (nSPS) is 14.9. The van der Waals surface area contributed by atoms with Gasteiger partial charge in [0.05, 0.1) is 13.7 Å². The summed E-state index contributed by atoms with van der Waals surface area (Å²) in [5.74, 6) is 0.225. The van der Waals surface area contributed by atoms with Crippen LogP contribution in [0.3, 0.4) is 0 Å². The van der Waals surface area contributed by atoms with Gasteiger partial charge in [-0.3, -0.25) is 0 Å². The van der Waals surface area contributed by atoms with Crippen LogP contribution in [0, 0.1) is 0 Å². The van der Waals surface area contributed by atoms with E-state index in [2.05, 4.69) is 0 Å². The minimum atomic E-state index is -1.86. The van der Waals surface area contributed by atoms with Crippen LogP contribution in [0.25, 0.3) is 0 Å². The van der Waals surface area contributed by atoms with Crippen molar-refractivity contribution in [1.82, 2.24) is 0 Å². The van der Waals surface area contributed by atoms with Crippen molar-refractivity contribution in [3.05, 3.63) is 23.8 Å². The van der Waals surface area contributed by atoms with Crippen LogP contribution in [0.1, 0.15) is 12.5 Å². The molecule has 1 unspecified atom stereocenters. The van der Waals surface area contributed by atoms with Crippen molar-refractivity contribution in [2.45, 2.75) is 12.6 Å². The van der Waals surface area contributed by atoms with E-state index in [1.54, 1.807) is 0 Å². The van der Waals surface area contributed by atoms with Gasteiger partial charge < -0.3 is 14.9 Å². The van der Waals surface area contributed by atoms with E-state index in [-0.39, 0.29) is 17.1 Å². The lowest BCUT2D eigenvalue weighted by molar-refractivity contribution is 0.0841. The van der Waals surface area contributed by atoms with Gasteiger partial charge in [-0.25, -0.2) is 4.39 Å². The number of hydrogen-bond acceptors (Lipinski definition) is 3. The van der Waals surface area contributed by atoms with Crippen LogP contribution in [-0.4, -0.2) is 23.9 Å². The van der Waals surface area contributed by atoms with E-state index in [1.165, 1.54) is 32.2 Å². The van der Waals surface area contributed by atoms with E-state index in [0.29, 0.717) is 0 Å². The summed E-state index contributed by atoms with van der Waals surface area (Å²) < 4.78 is 18.6. The molecule has 0 aliphatic rings. The molecule has 0 heterocycles. The number of ether oxygens (including phenoxy) is 1. The largest absolute Gasteiger partial charge is 0.508 e. The van der Waals surface area contributed by atoms with Crippen molar-refractivity contribution in [3.8, 4) is 11.5 Å². The zero-order valence-electron chi connectivity index (χ0n) is 8.12. The quantitative estimate of drug-likeness (QED) is 0.778.